The van der Waals surface area contributed by atoms with Crippen LogP contribution in [0.2, 0.25) is 0 Å². The summed E-state index contributed by atoms with van der Waals surface area (Å²) in [5, 5.41) is 0. The third-order valence-corrected chi connectivity index (χ3v) is 3.89. The van der Waals surface area contributed by atoms with Crippen molar-refractivity contribution in [2.45, 2.75) is 0 Å². The Morgan fingerprint density at radius 1 is 1.00 bits per heavy atom. The van der Waals surface area contributed by atoms with Crippen molar-refractivity contribution in [1.29, 1.82) is 0 Å². The van der Waals surface area contributed by atoms with Crippen molar-refractivity contribution in [1.82, 2.24) is 4.90 Å². The molecule has 0 atom stereocenters. The standard InChI is InChI=1S/C17H17F2N2/c1-20-8-10-21(11-9-20)14-5-2-4-13(12-14)17-15(18)6-3-7-16(17)19/h3-7,12H,8-11H2,1H3. The zero-order valence-electron chi connectivity index (χ0n) is 11.9. The fourth-order valence-corrected chi connectivity index (χ4v) is 2.62. The van der Waals surface area contributed by atoms with Crippen LogP contribution in [-0.2, 0) is 0 Å². The molecule has 2 nitrogen and oxygen atoms in total. The molecular weight excluding hydrogens is 270 g/mol. The zero-order chi connectivity index (χ0) is 14.8. The number of halogens is 2. The summed E-state index contributed by atoms with van der Waals surface area (Å²) >= 11 is 0. The summed E-state index contributed by atoms with van der Waals surface area (Å²) in [4.78, 5) is 4.49. The van der Waals surface area contributed by atoms with Crippen LogP contribution in [0.3, 0.4) is 0 Å². The van der Waals surface area contributed by atoms with E-state index in [2.05, 4.69) is 22.9 Å². The van der Waals surface area contributed by atoms with Gasteiger partial charge in [-0.1, -0.05) is 6.07 Å². The van der Waals surface area contributed by atoms with E-state index in [4.69, 9.17) is 0 Å². The molecule has 4 heteroatoms. The quantitative estimate of drug-likeness (QED) is 0.837. The van der Waals surface area contributed by atoms with E-state index >= 15 is 0 Å². The minimum Gasteiger partial charge on any atom is -0.369 e. The molecule has 1 saturated heterocycles. The third kappa shape index (κ3) is 2.90. The number of hydrogen-bond acceptors (Lipinski definition) is 2. The molecule has 1 radical (unpaired) electrons. The number of hydrogen-bond donors (Lipinski definition) is 0. The summed E-state index contributed by atoms with van der Waals surface area (Å²) in [6.07, 6.45) is 0. The van der Waals surface area contributed by atoms with E-state index in [1.165, 1.54) is 18.2 Å². The molecule has 0 spiro atoms. The van der Waals surface area contributed by atoms with Gasteiger partial charge in [-0.3, -0.25) is 0 Å². The van der Waals surface area contributed by atoms with Gasteiger partial charge in [-0.2, -0.15) is 0 Å². The smallest absolute Gasteiger partial charge is 0.133 e. The van der Waals surface area contributed by atoms with Crippen molar-refractivity contribution in [2.75, 3.05) is 38.1 Å². The van der Waals surface area contributed by atoms with Crippen LogP contribution in [0.5, 0.6) is 0 Å². The molecule has 2 aromatic carbocycles. The molecule has 1 heterocycles. The van der Waals surface area contributed by atoms with Crippen LogP contribution in [0.25, 0.3) is 11.1 Å². The van der Waals surface area contributed by atoms with Crippen LogP contribution >= 0.6 is 0 Å². The van der Waals surface area contributed by atoms with E-state index in [0.717, 1.165) is 31.9 Å². The maximum atomic E-state index is 13.9. The largest absolute Gasteiger partial charge is 0.369 e. The van der Waals surface area contributed by atoms with Crippen molar-refractivity contribution in [2.24, 2.45) is 0 Å². The molecule has 0 saturated carbocycles. The lowest BCUT2D eigenvalue weighted by Gasteiger charge is -2.34. The predicted molar refractivity (Wildman–Crippen MR) is 80.3 cm³/mol. The molecule has 0 aromatic heterocycles. The minimum absolute atomic E-state index is 0.0183. The average molecular weight is 287 g/mol. The minimum atomic E-state index is -0.543. The maximum absolute atomic E-state index is 13.9. The second-order valence-electron chi connectivity index (χ2n) is 5.37. The molecule has 1 fully saturated rings. The van der Waals surface area contributed by atoms with Gasteiger partial charge >= 0.3 is 0 Å². The Morgan fingerprint density at radius 2 is 1.67 bits per heavy atom. The monoisotopic (exact) mass is 287 g/mol. The average Bonchev–Trinajstić information content (AvgIpc) is 2.48. The second kappa shape index (κ2) is 5.82. The number of piperazine rings is 1. The van der Waals surface area contributed by atoms with Crippen LogP contribution < -0.4 is 4.90 Å². The first-order chi connectivity index (χ1) is 10.1. The zero-order valence-corrected chi connectivity index (χ0v) is 11.9. The highest BCUT2D eigenvalue weighted by molar-refractivity contribution is 5.69. The molecule has 0 aliphatic carbocycles. The lowest BCUT2D eigenvalue weighted by molar-refractivity contribution is 0.313. The van der Waals surface area contributed by atoms with Crippen LogP contribution in [0, 0.1) is 17.7 Å². The first-order valence-corrected chi connectivity index (χ1v) is 7.04. The summed E-state index contributed by atoms with van der Waals surface area (Å²) in [5.74, 6) is -1.09. The van der Waals surface area contributed by atoms with Gasteiger partial charge in [-0.25, -0.2) is 8.78 Å². The van der Waals surface area contributed by atoms with Gasteiger partial charge in [0.25, 0.3) is 0 Å². The third-order valence-electron chi connectivity index (χ3n) is 3.89. The van der Waals surface area contributed by atoms with Crippen LogP contribution in [0.15, 0.2) is 36.4 Å². The number of likely N-dealkylation sites (N-methyl/N-ethyl adjacent to an activating group) is 1. The van der Waals surface area contributed by atoms with E-state index in [9.17, 15) is 8.78 Å². The molecule has 0 unspecified atom stereocenters. The highest BCUT2D eigenvalue weighted by Gasteiger charge is 2.16. The van der Waals surface area contributed by atoms with Crippen molar-refractivity contribution in [3.05, 3.63) is 54.1 Å². The lowest BCUT2D eigenvalue weighted by Crippen LogP contribution is -2.44. The first kappa shape index (κ1) is 14.0. The van der Waals surface area contributed by atoms with Gasteiger partial charge in [-0.15, -0.1) is 0 Å². The normalized spacial score (nSPS) is 16.2. The summed E-state index contributed by atoms with van der Waals surface area (Å²) in [5.41, 5.74) is 1.51. The Morgan fingerprint density at radius 3 is 2.33 bits per heavy atom. The second-order valence-corrected chi connectivity index (χ2v) is 5.37. The summed E-state index contributed by atoms with van der Waals surface area (Å²) in [6, 6.07) is 12.3. The van der Waals surface area contributed by atoms with Crippen LogP contribution in [0.4, 0.5) is 14.5 Å². The van der Waals surface area contributed by atoms with E-state index < -0.39 is 11.6 Å². The van der Waals surface area contributed by atoms with Crippen LogP contribution in [-0.4, -0.2) is 38.1 Å². The van der Waals surface area contributed by atoms with Crippen molar-refractivity contribution in [3.8, 4) is 11.1 Å². The molecule has 1 aliphatic heterocycles. The molecule has 109 valence electrons. The summed E-state index contributed by atoms with van der Waals surface area (Å²) in [6.45, 7) is 3.79. The summed E-state index contributed by atoms with van der Waals surface area (Å²) in [7, 11) is 2.09. The van der Waals surface area contributed by atoms with Crippen LogP contribution in [0.1, 0.15) is 0 Å². The summed E-state index contributed by atoms with van der Waals surface area (Å²) < 4.78 is 27.8. The topological polar surface area (TPSA) is 6.48 Å². The number of rotatable bonds is 2. The van der Waals surface area contributed by atoms with Gasteiger partial charge in [0.15, 0.2) is 0 Å². The van der Waals surface area contributed by atoms with Gasteiger partial charge in [0.05, 0.1) is 5.56 Å². The molecular formula is C17H17F2N2. The maximum Gasteiger partial charge on any atom is 0.133 e. The van der Waals surface area contributed by atoms with Gasteiger partial charge < -0.3 is 9.80 Å². The fraction of sp³-hybridized carbons (Fsp3) is 0.294. The van der Waals surface area contributed by atoms with Crippen molar-refractivity contribution >= 4 is 5.69 Å². The Hall–Kier alpha value is -1.94. The SMILES string of the molecule is CN1CCN(c2c[c]cc(-c3c(F)cccc3F)c2)CC1. The predicted octanol–water partition coefficient (Wildman–Crippen LogP) is 3.18. The highest BCUT2D eigenvalue weighted by atomic mass is 19.1. The molecule has 3 rings (SSSR count). The molecule has 1 aliphatic rings. The first-order valence-electron chi connectivity index (χ1n) is 7.04. The number of anilines is 1. The van der Waals surface area contributed by atoms with Crippen molar-refractivity contribution in [3.63, 3.8) is 0 Å². The van der Waals surface area contributed by atoms with Gasteiger partial charge in [-0.05, 0) is 49.0 Å². The molecule has 0 bridgehead atoms. The fourth-order valence-electron chi connectivity index (χ4n) is 2.62. The van der Waals surface area contributed by atoms with Gasteiger partial charge in [0.1, 0.15) is 11.6 Å². The van der Waals surface area contributed by atoms with Gasteiger partial charge in [0.2, 0.25) is 0 Å². The van der Waals surface area contributed by atoms with E-state index in [0.29, 0.717) is 5.56 Å². The number of nitrogens with zero attached hydrogens (tertiary/aromatic N) is 2. The Bertz CT molecular complexity index is 614. The molecule has 21 heavy (non-hydrogen) atoms. The molecule has 2 aromatic rings. The van der Waals surface area contributed by atoms with Gasteiger partial charge in [0, 0.05) is 31.9 Å². The Balaban J connectivity index is 1.93. The van der Waals surface area contributed by atoms with E-state index in [1.54, 1.807) is 6.07 Å². The van der Waals surface area contributed by atoms with E-state index in [1.807, 2.05) is 12.1 Å². The highest BCUT2D eigenvalue weighted by Crippen LogP contribution is 2.29. The lowest BCUT2D eigenvalue weighted by atomic mass is 10.0. The van der Waals surface area contributed by atoms with Crippen molar-refractivity contribution < 1.29 is 8.78 Å². The Kier molecular flexibility index (Phi) is 3.88. The molecule has 0 amide bonds. The Labute approximate surface area is 123 Å². The number of benzene rings is 2. The molecule has 0 N–H and O–H groups in total. The van der Waals surface area contributed by atoms with E-state index in [-0.39, 0.29) is 5.56 Å².